The Hall–Kier alpha value is -3.27. The van der Waals surface area contributed by atoms with Crippen molar-refractivity contribution in [2.75, 3.05) is 0 Å². The molecule has 4 heteroatoms. The Labute approximate surface area is 150 Å². The number of oxime groups is 1. The van der Waals surface area contributed by atoms with Crippen LogP contribution in [0.25, 0.3) is 0 Å². The van der Waals surface area contributed by atoms with Crippen LogP contribution in [0.4, 0.5) is 4.39 Å². The number of carbonyl (C=O) groups excluding carboxylic acids is 1. The molecule has 0 fully saturated rings. The van der Waals surface area contributed by atoms with Crippen LogP contribution in [-0.4, -0.2) is 11.7 Å². The van der Waals surface area contributed by atoms with E-state index in [1.165, 1.54) is 35.4 Å². The van der Waals surface area contributed by atoms with E-state index in [4.69, 9.17) is 4.84 Å². The quantitative estimate of drug-likeness (QED) is 0.505. The fourth-order valence-corrected chi connectivity index (χ4v) is 3.18. The molecule has 3 aromatic carbocycles. The third-order valence-electron chi connectivity index (χ3n) is 4.51. The summed E-state index contributed by atoms with van der Waals surface area (Å²) in [6.45, 7) is 0. The maximum atomic E-state index is 13.0. The Morgan fingerprint density at radius 3 is 1.92 bits per heavy atom. The number of benzene rings is 3. The molecule has 0 bridgehead atoms. The molecular formula is C22H16FNO2. The van der Waals surface area contributed by atoms with Gasteiger partial charge in [-0.25, -0.2) is 9.18 Å². The highest BCUT2D eigenvalue weighted by molar-refractivity contribution is 6.15. The fraction of sp³-hybridized carbons (Fsp3) is 0.0909. The SMILES string of the molecule is O=C(ON=C1c2ccccc2CCc2ccccc21)c1ccc(F)cc1. The zero-order valence-electron chi connectivity index (χ0n) is 14.0. The van der Waals surface area contributed by atoms with E-state index in [9.17, 15) is 9.18 Å². The van der Waals surface area contributed by atoms with E-state index in [2.05, 4.69) is 17.3 Å². The summed E-state index contributed by atoms with van der Waals surface area (Å²) in [5.41, 5.74) is 5.16. The first kappa shape index (κ1) is 16.2. The summed E-state index contributed by atoms with van der Waals surface area (Å²) in [6.07, 6.45) is 1.80. The molecule has 0 heterocycles. The van der Waals surface area contributed by atoms with Gasteiger partial charge in [-0.05, 0) is 48.2 Å². The lowest BCUT2D eigenvalue weighted by Crippen LogP contribution is -2.09. The van der Waals surface area contributed by atoms with Gasteiger partial charge in [0, 0.05) is 11.1 Å². The van der Waals surface area contributed by atoms with Gasteiger partial charge < -0.3 is 4.84 Å². The highest BCUT2D eigenvalue weighted by atomic mass is 19.1. The van der Waals surface area contributed by atoms with Crippen molar-refractivity contribution in [3.8, 4) is 0 Å². The number of rotatable bonds is 2. The summed E-state index contributed by atoms with van der Waals surface area (Å²) in [7, 11) is 0. The molecule has 0 radical (unpaired) electrons. The van der Waals surface area contributed by atoms with Gasteiger partial charge in [0.2, 0.25) is 0 Å². The Balaban J connectivity index is 1.73. The minimum Gasteiger partial charge on any atom is -0.312 e. The van der Waals surface area contributed by atoms with Gasteiger partial charge in [0.05, 0.1) is 5.56 Å². The van der Waals surface area contributed by atoms with Crippen LogP contribution in [-0.2, 0) is 17.7 Å². The number of nitrogens with zero attached hydrogens (tertiary/aromatic N) is 1. The summed E-state index contributed by atoms with van der Waals surface area (Å²) in [5, 5.41) is 4.20. The van der Waals surface area contributed by atoms with Crippen LogP contribution in [0, 0.1) is 5.82 Å². The molecule has 0 amide bonds. The van der Waals surface area contributed by atoms with Crippen LogP contribution in [0.1, 0.15) is 32.6 Å². The van der Waals surface area contributed by atoms with Gasteiger partial charge in [-0.1, -0.05) is 53.7 Å². The van der Waals surface area contributed by atoms with Crippen molar-refractivity contribution in [1.29, 1.82) is 0 Å². The molecule has 0 spiro atoms. The molecule has 26 heavy (non-hydrogen) atoms. The molecule has 0 N–H and O–H groups in total. The van der Waals surface area contributed by atoms with Crippen LogP contribution in [0.3, 0.4) is 0 Å². The van der Waals surface area contributed by atoms with Crippen molar-refractivity contribution in [2.24, 2.45) is 5.16 Å². The van der Waals surface area contributed by atoms with Gasteiger partial charge in [0.15, 0.2) is 0 Å². The van der Waals surface area contributed by atoms with Crippen molar-refractivity contribution >= 4 is 11.7 Å². The van der Waals surface area contributed by atoms with Crippen LogP contribution in [0.2, 0.25) is 0 Å². The Bertz CT molecular complexity index is 944. The predicted molar refractivity (Wildman–Crippen MR) is 97.7 cm³/mol. The molecule has 128 valence electrons. The molecule has 0 aliphatic heterocycles. The molecule has 0 atom stereocenters. The summed E-state index contributed by atoms with van der Waals surface area (Å²) >= 11 is 0. The van der Waals surface area contributed by atoms with Crippen molar-refractivity contribution in [3.05, 3.63) is 106 Å². The number of hydrogen-bond donors (Lipinski definition) is 0. The number of carbonyl (C=O) groups is 1. The normalized spacial score (nSPS) is 12.6. The van der Waals surface area contributed by atoms with Gasteiger partial charge in [-0.15, -0.1) is 0 Å². The summed E-state index contributed by atoms with van der Waals surface area (Å²) in [5.74, 6) is -1.02. The van der Waals surface area contributed by atoms with Crippen LogP contribution < -0.4 is 0 Å². The molecule has 4 rings (SSSR count). The summed E-state index contributed by atoms with van der Waals surface area (Å²) in [4.78, 5) is 17.5. The largest absolute Gasteiger partial charge is 0.365 e. The van der Waals surface area contributed by atoms with Crippen LogP contribution in [0.15, 0.2) is 78.0 Å². The van der Waals surface area contributed by atoms with E-state index in [0.29, 0.717) is 5.71 Å². The zero-order chi connectivity index (χ0) is 17.9. The average Bonchev–Trinajstić information content (AvgIpc) is 2.84. The first-order valence-electron chi connectivity index (χ1n) is 8.44. The first-order chi connectivity index (χ1) is 12.7. The average molecular weight is 345 g/mol. The number of aryl methyl sites for hydroxylation is 2. The third-order valence-corrected chi connectivity index (χ3v) is 4.51. The second kappa shape index (κ2) is 6.92. The van der Waals surface area contributed by atoms with E-state index in [0.717, 1.165) is 24.0 Å². The molecule has 0 unspecified atom stereocenters. The zero-order valence-corrected chi connectivity index (χ0v) is 14.0. The van der Waals surface area contributed by atoms with Gasteiger partial charge in [-0.3, -0.25) is 0 Å². The Kier molecular flexibility index (Phi) is 4.32. The minimum atomic E-state index is -0.614. The van der Waals surface area contributed by atoms with Gasteiger partial charge in [0.1, 0.15) is 11.5 Å². The first-order valence-corrected chi connectivity index (χ1v) is 8.44. The van der Waals surface area contributed by atoms with Crippen molar-refractivity contribution in [2.45, 2.75) is 12.8 Å². The summed E-state index contributed by atoms with van der Waals surface area (Å²) in [6, 6.07) is 21.2. The molecule has 1 aliphatic rings. The topological polar surface area (TPSA) is 38.7 Å². The smallest absolute Gasteiger partial charge is 0.312 e. The lowest BCUT2D eigenvalue weighted by Gasteiger charge is -2.09. The van der Waals surface area contributed by atoms with E-state index in [-0.39, 0.29) is 5.56 Å². The number of hydrogen-bond acceptors (Lipinski definition) is 3. The monoisotopic (exact) mass is 345 g/mol. The fourth-order valence-electron chi connectivity index (χ4n) is 3.18. The number of fused-ring (bicyclic) bond motifs is 2. The van der Waals surface area contributed by atoms with Crippen LogP contribution in [0.5, 0.6) is 0 Å². The minimum absolute atomic E-state index is 0.256. The van der Waals surface area contributed by atoms with E-state index in [1.807, 2.05) is 36.4 Å². The second-order valence-corrected chi connectivity index (χ2v) is 6.14. The molecular weight excluding hydrogens is 329 g/mol. The molecule has 3 aromatic rings. The van der Waals surface area contributed by atoms with E-state index in [1.54, 1.807) is 0 Å². The highest BCUT2D eigenvalue weighted by Gasteiger charge is 2.20. The maximum absolute atomic E-state index is 13.0. The third kappa shape index (κ3) is 3.14. The van der Waals surface area contributed by atoms with Crippen molar-refractivity contribution < 1.29 is 14.0 Å². The molecule has 1 aliphatic carbocycles. The van der Waals surface area contributed by atoms with Gasteiger partial charge in [0.25, 0.3) is 0 Å². The van der Waals surface area contributed by atoms with E-state index < -0.39 is 11.8 Å². The molecule has 0 saturated heterocycles. The van der Waals surface area contributed by atoms with Crippen molar-refractivity contribution in [3.63, 3.8) is 0 Å². The molecule has 3 nitrogen and oxygen atoms in total. The lowest BCUT2D eigenvalue weighted by molar-refractivity contribution is 0.0517. The Morgan fingerprint density at radius 1 is 0.808 bits per heavy atom. The lowest BCUT2D eigenvalue weighted by atomic mass is 9.98. The molecule has 0 aromatic heterocycles. The maximum Gasteiger partial charge on any atom is 0.365 e. The summed E-state index contributed by atoms with van der Waals surface area (Å²) < 4.78 is 13.0. The highest BCUT2D eigenvalue weighted by Crippen LogP contribution is 2.25. The van der Waals surface area contributed by atoms with Crippen LogP contribution >= 0.6 is 0 Å². The van der Waals surface area contributed by atoms with E-state index >= 15 is 0 Å². The molecule has 0 saturated carbocycles. The second-order valence-electron chi connectivity index (χ2n) is 6.14. The Morgan fingerprint density at radius 2 is 1.35 bits per heavy atom. The van der Waals surface area contributed by atoms with Crippen molar-refractivity contribution in [1.82, 2.24) is 0 Å². The standard InChI is InChI=1S/C22H16FNO2/c23-18-13-11-17(12-14-18)22(25)26-24-21-19-7-3-1-5-15(19)9-10-16-6-2-4-8-20(16)21/h1-8,11-14H,9-10H2. The van der Waals surface area contributed by atoms with Gasteiger partial charge in [-0.2, -0.15) is 0 Å². The predicted octanol–water partition coefficient (Wildman–Crippen LogP) is 4.53. The number of halogens is 1. The van der Waals surface area contributed by atoms with Gasteiger partial charge >= 0.3 is 5.97 Å².